The molecule has 0 saturated carbocycles. The van der Waals surface area contributed by atoms with Gasteiger partial charge in [-0.15, -0.1) is 0 Å². The molecular weight excluding hydrogens is 312 g/mol. The monoisotopic (exact) mass is 354 g/mol. The third kappa shape index (κ3) is 7.98. The Morgan fingerprint density at radius 2 is 1.40 bits per heavy atom. The molecule has 25 heavy (non-hydrogen) atoms. The van der Waals surface area contributed by atoms with E-state index >= 15 is 0 Å². The molecule has 1 aliphatic rings. The molecular formula is C21H42N2O2. The topological polar surface area (TPSA) is 43.4 Å². The summed E-state index contributed by atoms with van der Waals surface area (Å²) in [7, 11) is 0. The van der Waals surface area contributed by atoms with Crippen molar-refractivity contribution in [2.24, 2.45) is 0 Å². The van der Waals surface area contributed by atoms with Crippen LogP contribution in [0.25, 0.3) is 0 Å². The number of unbranched alkanes of at least 4 members (excludes halogenated alkanes) is 9. The molecule has 1 atom stereocenters. The van der Waals surface area contributed by atoms with E-state index in [-0.39, 0.29) is 0 Å². The summed E-state index contributed by atoms with van der Waals surface area (Å²) in [6.07, 6.45) is 14.1. The van der Waals surface area contributed by atoms with Gasteiger partial charge in [0.15, 0.2) is 0 Å². The Labute approximate surface area is 156 Å². The molecule has 0 N–H and O–H groups in total. The number of amides is 1. The van der Waals surface area contributed by atoms with E-state index in [4.69, 9.17) is 0 Å². The van der Waals surface area contributed by atoms with Gasteiger partial charge in [0.2, 0.25) is 0 Å². The smallest absolute Gasteiger partial charge is 0.137 e. The summed E-state index contributed by atoms with van der Waals surface area (Å²) in [4.78, 5) is 12.5. The minimum absolute atomic E-state index is 0.637. The van der Waals surface area contributed by atoms with Crippen molar-refractivity contribution in [1.82, 2.24) is 4.90 Å². The summed E-state index contributed by atoms with van der Waals surface area (Å²) in [5, 5.41) is 11.0. The Hall–Kier alpha value is -0.770. The molecule has 1 fully saturated rings. The van der Waals surface area contributed by atoms with Crippen molar-refractivity contribution < 1.29 is 14.4 Å². The van der Waals surface area contributed by atoms with Crippen molar-refractivity contribution in [3.05, 3.63) is 0 Å². The quantitative estimate of drug-likeness (QED) is 0.368. The lowest BCUT2D eigenvalue weighted by Gasteiger charge is -2.48. The maximum atomic E-state index is 11.0. The van der Waals surface area contributed by atoms with E-state index < -0.39 is 6.09 Å². The number of carboxylic acid groups (broad SMARTS) is 1. The Bertz CT molecular complexity index is 352. The van der Waals surface area contributed by atoms with Crippen molar-refractivity contribution in [3.8, 4) is 0 Å². The maximum Gasteiger partial charge on any atom is 0.137 e. The average molecular weight is 355 g/mol. The number of quaternary nitrogens is 1. The van der Waals surface area contributed by atoms with Gasteiger partial charge >= 0.3 is 0 Å². The van der Waals surface area contributed by atoms with Gasteiger partial charge in [-0.25, -0.2) is 0 Å². The van der Waals surface area contributed by atoms with Gasteiger partial charge in [-0.2, -0.15) is 0 Å². The van der Waals surface area contributed by atoms with Crippen LogP contribution in [-0.4, -0.2) is 54.2 Å². The zero-order valence-electron chi connectivity index (χ0n) is 17.1. The highest BCUT2D eigenvalue weighted by atomic mass is 16.4. The summed E-state index contributed by atoms with van der Waals surface area (Å²) in [6.45, 7) is 11.2. The molecule has 0 spiro atoms. The molecule has 1 unspecified atom stereocenters. The minimum atomic E-state index is -1.00. The van der Waals surface area contributed by atoms with E-state index in [1.54, 1.807) is 0 Å². The number of piperazine rings is 1. The van der Waals surface area contributed by atoms with Crippen LogP contribution < -0.4 is 5.11 Å². The number of likely N-dealkylation sites (N-methyl/N-ethyl adjacent to an activating group) is 1. The fourth-order valence-electron chi connectivity index (χ4n) is 4.32. The normalized spacial score (nSPS) is 18.3. The molecule has 0 aromatic heterocycles. The second-order valence-electron chi connectivity index (χ2n) is 8.05. The number of carbonyl (C=O) groups excluding carboxylic acids is 1. The molecule has 1 heterocycles. The first-order valence-corrected chi connectivity index (χ1v) is 10.9. The minimum Gasteiger partial charge on any atom is -0.530 e. The van der Waals surface area contributed by atoms with Crippen LogP contribution in [0.1, 0.15) is 91.4 Å². The van der Waals surface area contributed by atoms with Crippen LogP contribution in [0.4, 0.5) is 4.79 Å². The Kier molecular flexibility index (Phi) is 11.2. The van der Waals surface area contributed by atoms with E-state index in [2.05, 4.69) is 20.8 Å². The molecule has 0 aromatic rings. The fraction of sp³-hybridized carbons (Fsp3) is 0.952. The Balaban J connectivity index is 2.12. The fourth-order valence-corrected chi connectivity index (χ4v) is 4.32. The Morgan fingerprint density at radius 3 is 1.84 bits per heavy atom. The second kappa shape index (κ2) is 12.6. The molecule has 1 rings (SSSR count). The second-order valence-corrected chi connectivity index (χ2v) is 8.05. The zero-order chi connectivity index (χ0) is 18.5. The van der Waals surface area contributed by atoms with Gasteiger partial charge in [-0.3, -0.25) is 0 Å². The van der Waals surface area contributed by atoms with Gasteiger partial charge in [0.25, 0.3) is 0 Å². The molecule has 0 bridgehead atoms. The van der Waals surface area contributed by atoms with E-state index in [1.807, 2.05) is 0 Å². The highest BCUT2D eigenvalue weighted by molar-refractivity contribution is 5.62. The lowest BCUT2D eigenvalue weighted by atomic mass is 10.0. The van der Waals surface area contributed by atoms with Crippen LogP contribution in [0, 0.1) is 0 Å². The van der Waals surface area contributed by atoms with Crippen LogP contribution in [0.15, 0.2) is 0 Å². The SMILES string of the molecule is CCCCCCCCCCCCC(C)[N+]1(CC)CCN(C(=O)[O-])CC1. The number of rotatable bonds is 13. The van der Waals surface area contributed by atoms with Crippen molar-refractivity contribution in [3.63, 3.8) is 0 Å². The van der Waals surface area contributed by atoms with Crippen LogP contribution in [0.2, 0.25) is 0 Å². The van der Waals surface area contributed by atoms with Gasteiger partial charge in [-0.05, 0) is 26.7 Å². The summed E-state index contributed by atoms with van der Waals surface area (Å²) < 4.78 is 1.08. The molecule has 0 aliphatic carbocycles. The number of hydrogen-bond acceptors (Lipinski definition) is 2. The van der Waals surface area contributed by atoms with Crippen molar-refractivity contribution in [1.29, 1.82) is 0 Å². The van der Waals surface area contributed by atoms with Crippen LogP contribution in [0.5, 0.6) is 0 Å². The van der Waals surface area contributed by atoms with Crippen molar-refractivity contribution in [2.75, 3.05) is 32.7 Å². The average Bonchev–Trinajstić information content (AvgIpc) is 2.63. The van der Waals surface area contributed by atoms with Gasteiger partial charge in [0, 0.05) is 0 Å². The first-order chi connectivity index (χ1) is 12.1. The molecule has 148 valence electrons. The lowest BCUT2D eigenvalue weighted by molar-refractivity contribution is -0.951. The van der Waals surface area contributed by atoms with Gasteiger partial charge in [0.05, 0.1) is 38.8 Å². The first kappa shape index (κ1) is 22.3. The van der Waals surface area contributed by atoms with Gasteiger partial charge in [0.1, 0.15) is 6.09 Å². The van der Waals surface area contributed by atoms with Crippen LogP contribution in [0.3, 0.4) is 0 Å². The van der Waals surface area contributed by atoms with E-state index in [1.165, 1.54) is 75.5 Å². The standard InChI is InChI=1S/C21H42N2O2/c1-4-6-7-8-9-10-11-12-13-14-15-20(3)23(5-2)18-16-22(17-19-23)21(24)25/h20H,4-19H2,1-3H3. The lowest BCUT2D eigenvalue weighted by Crippen LogP contribution is -2.65. The van der Waals surface area contributed by atoms with Crippen LogP contribution >= 0.6 is 0 Å². The van der Waals surface area contributed by atoms with E-state index in [9.17, 15) is 9.90 Å². The predicted molar refractivity (Wildman–Crippen MR) is 103 cm³/mol. The molecule has 0 aromatic carbocycles. The van der Waals surface area contributed by atoms with Crippen molar-refractivity contribution >= 4 is 6.09 Å². The molecule has 4 nitrogen and oxygen atoms in total. The Morgan fingerprint density at radius 1 is 0.920 bits per heavy atom. The molecule has 0 radical (unpaired) electrons. The highest BCUT2D eigenvalue weighted by Gasteiger charge is 2.35. The third-order valence-electron chi connectivity index (χ3n) is 6.43. The summed E-state index contributed by atoms with van der Waals surface area (Å²) in [5.41, 5.74) is 0. The molecule has 1 aliphatic heterocycles. The highest BCUT2D eigenvalue weighted by Crippen LogP contribution is 2.22. The van der Waals surface area contributed by atoms with Crippen LogP contribution in [-0.2, 0) is 0 Å². The summed E-state index contributed by atoms with van der Waals surface area (Å²) >= 11 is 0. The predicted octanol–water partition coefficient (Wildman–Crippen LogP) is 4.18. The molecule has 1 amide bonds. The molecule has 1 saturated heterocycles. The van der Waals surface area contributed by atoms with Gasteiger partial charge in [-0.1, -0.05) is 64.7 Å². The summed E-state index contributed by atoms with van der Waals surface area (Å²) in [6, 6.07) is 0.642. The maximum absolute atomic E-state index is 11.0. The summed E-state index contributed by atoms with van der Waals surface area (Å²) in [5.74, 6) is 0. The van der Waals surface area contributed by atoms with E-state index in [0.717, 1.165) is 24.1 Å². The van der Waals surface area contributed by atoms with Gasteiger partial charge < -0.3 is 19.3 Å². The van der Waals surface area contributed by atoms with Crippen molar-refractivity contribution in [2.45, 2.75) is 97.4 Å². The molecule has 4 heteroatoms. The number of carbonyl (C=O) groups is 1. The van der Waals surface area contributed by atoms with E-state index in [0.29, 0.717) is 19.1 Å². The first-order valence-electron chi connectivity index (χ1n) is 10.9. The number of nitrogens with zero attached hydrogens (tertiary/aromatic N) is 2. The largest absolute Gasteiger partial charge is 0.530 e. The zero-order valence-corrected chi connectivity index (χ0v) is 17.1. The third-order valence-corrected chi connectivity index (χ3v) is 6.43. The number of hydrogen-bond donors (Lipinski definition) is 0.